The summed E-state index contributed by atoms with van der Waals surface area (Å²) in [5, 5.41) is 1.01. The van der Waals surface area contributed by atoms with Gasteiger partial charge in [0.2, 0.25) is 9.84 Å². The molecule has 0 N–H and O–H groups in total. The van der Waals surface area contributed by atoms with Crippen molar-refractivity contribution in [2.45, 2.75) is 20.4 Å². The van der Waals surface area contributed by atoms with Gasteiger partial charge in [0.25, 0.3) is 0 Å². The van der Waals surface area contributed by atoms with E-state index in [2.05, 4.69) is 0 Å². The van der Waals surface area contributed by atoms with Crippen LogP contribution in [0.1, 0.15) is 5.56 Å². The lowest BCUT2D eigenvalue weighted by atomic mass is 10.1. The highest BCUT2D eigenvalue weighted by atomic mass is 35.5. The molecule has 0 aliphatic carbocycles. The number of hydrogen-bond donors (Lipinski definition) is 0. The average Bonchev–Trinajstić information content (AvgIpc) is 2.81. The van der Waals surface area contributed by atoms with Crippen molar-refractivity contribution in [3.63, 3.8) is 0 Å². The van der Waals surface area contributed by atoms with Crippen molar-refractivity contribution in [1.82, 2.24) is 0 Å². The van der Waals surface area contributed by atoms with E-state index in [1.807, 2.05) is 0 Å². The summed E-state index contributed by atoms with van der Waals surface area (Å²) in [7, 11) is -7.18. The monoisotopic (exact) mass is 516 g/mol. The van der Waals surface area contributed by atoms with Crippen LogP contribution in [0.15, 0.2) is 112 Å². The molecule has 4 aromatic rings. The maximum absolute atomic E-state index is 12.8. The molecule has 0 aliphatic heterocycles. The van der Waals surface area contributed by atoms with Crippen LogP contribution in [0.5, 0.6) is 0 Å². The topological polar surface area (TPSA) is 68.3 Å². The molecule has 0 atom stereocenters. The van der Waals surface area contributed by atoms with Crippen LogP contribution in [0.3, 0.4) is 0 Å². The van der Waals surface area contributed by atoms with Crippen molar-refractivity contribution in [2.75, 3.05) is 0 Å². The van der Waals surface area contributed by atoms with Gasteiger partial charge in [0.15, 0.2) is 9.84 Å². The first-order valence-corrected chi connectivity index (χ1v) is 13.7. The maximum Gasteiger partial charge on any atom is 0.206 e. The predicted octanol–water partition coefficient (Wildman–Crippen LogP) is 6.47. The van der Waals surface area contributed by atoms with Crippen LogP contribution in [-0.4, -0.2) is 16.8 Å². The Bertz CT molecular complexity index is 1480. The molecule has 168 valence electrons. The van der Waals surface area contributed by atoms with E-state index in [9.17, 15) is 16.8 Å². The van der Waals surface area contributed by atoms with Gasteiger partial charge in [-0.05, 0) is 77.4 Å². The van der Waals surface area contributed by atoms with Crippen molar-refractivity contribution < 1.29 is 16.8 Å². The smallest absolute Gasteiger partial charge is 0.206 e. The predicted molar refractivity (Wildman–Crippen MR) is 131 cm³/mol. The molecule has 0 fully saturated rings. The molecule has 8 heteroatoms. The highest BCUT2D eigenvalue weighted by Crippen LogP contribution is 2.27. The van der Waals surface area contributed by atoms with E-state index in [0.717, 1.165) is 11.1 Å². The minimum absolute atomic E-state index is 0.124. The van der Waals surface area contributed by atoms with Crippen LogP contribution >= 0.6 is 23.2 Å². The van der Waals surface area contributed by atoms with E-state index >= 15 is 0 Å². The number of rotatable bonds is 6. The summed E-state index contributed by atoms with van der Waals surface area (Å²) < 4.78 is 51.1. The lowest BCUT2D eigenvalue weighted by Gasteiger charge is -2.08. The number of hydrogen-bond acceptors (Lipinski definition) is 4. The van der Waals surface area contributed by atoms with Gasteiger partial charge in [0, 0.05) is 10.0 Å². The summed E-state index contributed by atoms with van der Waals surface area (Å²) in [4.78, 5) is 0.536. The molecule has 0 heterocycles. The van der Waals surface area contributed by atoms with Gasteiger partial charge in [0.05, 0.1) is 20.4 Å². The Labute approximate surface area is 203 Å². The Hall–Kier alpha value is -2.64. The Morgan fingerprint density at radius 1 is 0.485 bits per heavy atom. The minimum Gasteiger partial charge on any atom is -0.223 e. The SMILES string of the molecule is O=S(=O)(Cc1ccc(Cl)cc1)c1ccc(-c2ccc(S(=O)(=O)c3ccc(Cl)cc3)cc2)cc1. The second kappa shape index (κ2) is 9.31. The standard InChI is InChI=1S/C25H18Cl2O4S2/c26-21-7-1-18(2-8-21)17-32(28,29)23-11-3-19(4-12-23)20-5-13-24(14-6-20)33(30,31)25-15-9-22(27)10-16-25/h1-16H,17H2. The fourth-order valence-corrected chi connectivity index (χ4v) is 6.18. The first kappa shape index (κ1) is 23.5. The molecular weight excluding hydrogens is 499 g/mol. The molecule has 0 amide bonds. The van der Waals surface area contributed by atoms with Crippen molar-refractivity contribution >= 4 is 42.9 Å². The highest BCUT2D eigenvalue weighted by Gasteiger charge is 2.18. The quantitative estimate of drug-likeness (QED) is 0.294. The van der Waals surface area contributed by atoms with E-state index in [1.54, 1.807) is 60.7 Å². The second-order valence-corrected chi connectivity index (χ2v) is 12.2. The molecule has 0 aromatic heterocycles. The molecule has 0 bridgehead atoms. The molecule has 0 aliphatic rings. The Balaban J connectivity index is 1.54. The normalized spacial score (nSPS) is 11.9. The molecule has 0 saturated carbocycles. The molecule has 0 radical (unpaired) electrons. The fraction of sp³-hybridized carbons (Fsp3) is 0.0400. The van der Waals surface area contributed by atoms with Gasteiger partial charge in [-0.1, -0.05) is 59.6 Å². The Morgan fingerprint density at radius 3 is 1.30 bits per heavy atom. The van der Waals surface area contributed by atoms with Crippen molar-refractivity contribution in [2.24, 2.45) is 0 Å². The third-order valence-corrected chi connectivity index (χ3v) is 9.10. The van der Waals surface area contributed by atoms with E-state index in [0.29, 0.717) is 15.6 Å². The summed E-state index contributed by atoms with van der Waals surface area (Å²) in [6, 6.07) is 25.7. The van der Waals surface area contributed by atoms with Gasteiger partial charge in [-0.2, -0.15) is 0 Å². The average molecular weight is 517 g/mol. The second-order valence-electron chi connectivity index (χ2n) is 7.39. The fourth-order valence-electron chi connectivity index (χ4n) is 3.31. The zero-order valence-corrected chi connectivity index (χ0v) is 20.3. The Kier molecular flexibility index (Phi) is 6.64. The van der Waals surface area contributed by atoms with Gasteiger partial charge < -0.3 is 0 Å². The first-order chi connectivity index (χ1) is 15.6. The lowest BCUT2D eigenvalue weighted by Crippen LogP contribution is -2.04. The number of benzene rings is 4. The largest absolute Gasteiger partial charge is 0.223 e. The molecule has 33 heavy (non-hydrogen) atoms. The first-order valence-electron chi connectivity index (χ1n) is 9.83. The zero-order valence-electron chi connectivity index (χ0n) is 17.2. The third kappa shape index (κ3) is 5.31. The van der Waals surface area contributed by atoms with Gasteiger partial charge in [-0.3, -0.25) is 0 Å². The van der Waals surface area contributed by atoms with Crippen molar-refractivity contribution in [3.8, 4) is 11.1 Å². The van der Waals surface area contributed by atoms with Gasteiger partial charge >= 0.3 is 0 Å². The van der Waals surface area contributed by atoms with Crippen LogP contribution in [-0.2, 0) is 25.4 Å². The van der Waals surface area contributed by atoms with Crippen LogP contribution in [0.4, 0.5) is 0 Å². The lowest BCUT2D eigenvalue weighted by molar-refractivity contribution is 0.594. The summed E-state index contributed by atoms with van der Waals surface area (Å²) in [6.07, 6.45) is 0. The van der Waals surface area contributed by atoms with E-state index in [4.69, 9.17) is 23.2 Å². The Morgan fingerprint density at radius 2 is 0.848 bits per heavy atom. The molecule has 4 rings (SSSR count). The third-order valence-electron chi connectivity index (χ3n) is 5.11. The molecule has 0 saturated heterocycles. The zero-order chi connectivity index (χ0) is 23.6. The molecule has 0 unspecified atom stereocenters. The maximum atomic E-state index is 12.8. The highest BCUT2D eigenvalue weighted by molar-refractivity contribution is 7.91. The molecule has 4 nitrogen and oxygen atoms in total. The van der Waals surface area contributed by atoms with E-state index < -0.39 is 19.7 Å². The van der Waals surface area contributed by atoms with Crippen molar-refractivity contribution in [1.29, 1.82) is 0 Å². The van der Waals surface area contributed by atoms with E-state index in [1.165, 1.54) is 36.4 Å². The summed E-state index contributed by atoms with van der Waals surface area (Å²) in [5.41, 5.74) is 2.20. The summed E-state index contributed by atoms with van der Waals surface area (Å²) >= 11 is 11.7. The minimum atomic E-state index is -3.66. The van der Waals surface area contributed by atoms with Crippen LogP contribution in [0.2, 0.25) is 10.0 Å². The number of halogens is 2. The summed E-state index contributed by atoms with van der Waals surface area (Å²) in [6.45, 7) is 0. The van der Waals surface area contributed by atoms with E-state index in [-0.39, 0.29) is 20.4 Å². The van der Waals surface area contributed by atoms with Gasteiger partial charge in [0.1, 0.15) is 0 Å². The van der Waals surface area contributed by atoms with Gasteiger partial charge in [-0.15, -0.1) is 0 Å². The van der Waals surface area contributed by atoms with Crippen molar-refractivity contribution in [3.05, 3.63) is 113 Å². The molecule has 4 aromatic carbocycles. The summed E-state index contributed by atoms with van der Waals surface area (Å²) in [5.74, 6) is -0.124. The number of sulfone groups is 2. The van der Waals surface area contributed by atoms with Crippen LogP contribution in [0.25, 0.3) is 11.1 Å². The van der Waals surface area contributed by atoms with Crippen LogP contribution < -0.4 is 0 Å². The molecular formula is C25H18Cl2O4S2. The molecule has 0 spiro atoms. The van der Waals surface area contributed by atoms with Gasteiger partial charge in [-0.25, -0.2) is 16.8 Å². The van der Waals surface area contributed by atoms with Crippen LogP contribution in [0, 0.1) is 0 Å².